The van der Waals surface area contributed by atoms with Crippen LogP contribution < -0.4 is 11.1 Å². The highest BCUT2D eigenvalue weighted by atomic mass is 16.2. The Morgan fingerprint density at radius 2 is 1.95 bits per heavy atom. The quantitative estimate of drug-likeness (QED) is 0.674. The standard InChI is InChI=1S/C13H27N5O/c1-2-12(11-14)17-8-5-16(6-9-17)7-10-18-4-3-15-13(18)19/h12H,2-11,14H2,1H3,(H,15,19). The highest BCUT2D eigenvalue weighted by molar-refractivity contribution is 5.76. The molecule has 0 radical (unpaired) electrons. The van der Waals surface area contributed by atoms with Crippen LogP contribution in [0.25, 0.3) is 0 Å². The molecule has 6 heteroatoms. The molecule has 0 spiro atoms. The smallest absolute Gasteiger partial charge is 0.317 e. The number of urea groups is 1. The first-order chi connectivity index (χ1) is 9.24. The molecule has 0 aromatic heterocycles. The Morgan fingerprint density at radius 3 is 2.47 bits per heavy atom. The molecule has 3 N–H and O–H groups in total. The zero-order chi connectivity index (χ0) is 13.7. The molecule has 1 atom stereocenters. The molecule has 110 valence electrons. The van der Waals surface area contributed by atoms with Crippen molar-refractivity contribution in [1.82, 2.24) is 20.0 Å². The topological polar surface area (TPSA) is 64.8 Å². The number of piperazine rings is 1. The molecule has 6 nitrogen and oxygen atoms in total. The first kappa shape index (κ1) is 14.6. The lowest BCUT2D eigenvalue weighted by Gasteiger charge is -2.39. The molecular formula is C13H27N5O. The minimum absolute atomic E-state index is 0.0906. The minimum atomic E-state index is 0.0906. The second-order valence-electron chi connectivity index (χ2n) is 5.39. The third-order valence-electron chi connectivity index (χ3n) is 4.30. The molecule has 19 heavy (non-hydrogen) atoms. The summed E-state index contributed by atoms with van der Waals surface area (Å²) in [5.41, 5.74) is 5.80. The van der Waals surface area contributed by atoms with Crippen molar-refractivity contribution in [2.24, 2.45) is 5.73 Å². The first-order valence-corrected chi connectivity index (χ1v) is 7.43. The van der Waals surface area contributed by atoms with E-state index in [4.69, 9.17) is 5.73 Å². The summed E-state index contributed by atoms with van der Waals surface area (Å²) < 4.78 is 0. The van der Waals surface area contributed by atoms with Gasteiger partial charge in [0.2, 0.25) is 0 Å². The van der Waals surface area contributed by atoms with E-state index in [1.165, 1.54) is 0 Å². The second-order valence-corrected chi connectivity index (χ2v) is 5.39. The lowest BCUT2D eigenvalue weighted by molar-refractivity contribution is 0.0924. The molecule has 2 saturated heterocycles. The van der Waals surface area contributed by atoms with Crippen LogP contribution in [0.2, 0.25) is 0 Å². The monoisotopic (exact) mass is 269 g/mol. The molecular weight excluding hydrogens is 242 g/mol. The summed E-state index contributed by atoms with van der Waals surface area (Å²) in [7, 11) is 0. The van der Waals surface area contributed by atoms with Crippen LogP contribution in [0.3, 0.4) is 0 Å². The van der Waals surface area contributed by atoms with Crippen molar-refractivity contribution in [3.8, 4) is 0 Å². The van der Waals surface area contributed by atoms with E-state index in [1.54, 1.807) is 0 Å². The van der Waals surface area contributed by atoms with Crippen LogP contribution in [-0.4, -0.2) is 85.7 Å². The summed E-state index contributed by atoms with van der Waals surface area (Å²) >= 11 is 0. The molecule has 2 fully saturated rings. The Kier molecular flexibility index (Phi) is 5.42. The Balaban J connectivity index is 1.67. The molecule has 2 heterocycles. The van der Waals surface area contributed by atoms with Crippen LogP contribution in [0.1, 0.15) is 13.3 Å². The van der Waals surface area contributed by atoms with Gasteiger partial charge in [0.25, 0.3) is 0 Å². The number of rotatable bonds is 6. The van der Waals surface area contributed by atoms with Gasteiger partial charge in [-0.1, -0.05) is 6.92 Å². The Labute approximate surface area is 115 Å². The van der Waals surface area contributed by atoms with Crippen molar-refractivity contribution in [2.45, 2.75) is 19.4 Å². The van der Waals surface area contributed by atoms with E-state index in [2.05, 4.69) is 22.0 Å². The molecule has 2 aliphatic heterocycles. The van der Waals surface area contributed by atoms with Gasteiger partial charge in [-0.3, -0.25) is 9.80 Å². The highest BCUT2D eigenvalue weighted by Crippen LogP contribution is 2.08. The third kappa shape index (κ3) is 3.81. The lowest BCUT2D eigenvalue weighted by Crippen LogP contribution is -2.53. The Morgan fingerprint density at radius 1 is 1.21 bits per heavy atom. The molecule has 2 aliphatic rings. The van der Waals surface area contributed by atoms with Crippen molar-refractivity contribution < 1.29 is 4.79 Å². The van der Waals surface area contributed by atoms with E-state index in [-0.39, 0.29) is 6.03 Å². The van der Waals surface area contributed by atoms with Crippen LogP contribution >= 0.6 is 0 Å². The largest absolute Gasteiger partial charge is 0.336 e. The maximum atomic E-state index is 11.4. The van der Waals surface area contributed by atoms with Crippen molar-refractivity contribution in [3.63, 3.8) is 0 Å². The summed E-state index contributed by atoms with van der Waals surface area (Å²) in [5, 5.41) is 2.84. The minimum Gasteiger partial charge on any atom is -0.336 e. The fraction of sp³-hybridized carbons (Fsp3) is 0.923. The third-order valence-corrected chi connectivity index (χ3v) is 4.30. The van der Waals surface area contributed by atoms with Gasteiger partial charge in [0.05, 0.1) is 0 Å². The number of nitrogens with zero attached hydrogens (tertiary/aromatic N) is 3. The summed E-state index contributed by atoms with van der Waals surface area (Å²) in [6.45, 7) is 10.8. The zero-order valence-corrected chi connectivity index (χ0v) is 12.0. The predicted octanol–water partition coefficient (Wildman–Crippen LogP) is -0.633. The maximum absolute atomic E-state index is 11.4. The predicted molar refractivity (Wildman–Crippen MR) is 76.1 cm³/mol. The Hall–Kier alpha value is -0.850. The van der Waals surface area contributed by atoms with Crippen molar-refractivity contribution in [1.29, 1.82) is 0 Å². The molecule has 0 aliphatic carbocycles. The van der Waals surface area contributed by atoms with Gasteiger partial charge in [-0.25, -0.2) is 4.79 Å². The number of nitrogens with two attached hydrogens (primary N) is 1. The van der Waals surface area contributed by atoms with Gasteiger partial charge in [-0.15, -0.1) is 0 Å². The van der Waals surface area contributed by atoms with Crippen LogP contribution in [0.4, 0.5) is 4.79 Å². The van der Waals surface area contributed by atoms with Gasteiger partial charge in [0.1, 0.15) is 0 Å². The zero-order valence-electron chi connectivity index (χ0n) is 12.0. The van der Waals surface area contributed by atoms with Gasteiger partial charge in [0.15, 0.2) is 0 Å². The van der Waals surface area contributed by atoms with Crippen molar-refractivity contribution in [2.75, 3.05) is 58.9 Å². The highest BCUT2D eigenvalue weighted by Gasteiger charge is 2.23. The van der Waals surface area contributed by atoms with E-state index in [0.717, 1.165) is 65.3 Å². The first-order valence-electron chi connectivity index (χ1n) is 7.43. The van der Waals surface area contributed by atoms with Crippen LogP contribution in [0.5, 0.6) is 0 Å². The van der Waals surface area contributed by atoms with Gasteiger partial charge < -0.3 is 16.0 Å². The van der Waals surface area contributed by atoms with E-state index in [0.29, 0.717) is 6.04 Å². The van der Waals surface area contributed by atoms with Gasteiger partial charge >= 0.3 is 6.03 Å². The molecule has 0 saturated carbocycles. The summed E-state index contributed by atoms with van der Waals surface area (Å²) in [6, 6.07) is 0.624. The van der Waals surface area contributed by atoms with E-state index < -0.39 is 0 Å². The van der Waals surface area contributed by atoms with Crippen molar-refractivity contribution >= 4 is 6.03 Å². The van der Waals surface area contributed by atoms with Crippen LogP contribution in [0, 0.1) is 0 Å². The molecule has 2 rings (SSSR count). The average molecular weight is 269 g/mol. The number of carbonyl (C=O) groups is 1. The fourth-order valence-electron chi connectivity index (χ4n) is 2.91. The average Bonchev–Trinajstić information content (AvgIpc) is 2.85. The lowest BCUT2D eigenvalue weighted by atomic mass is 10.1. The number of nitrogens with one attached hydrogen (secondary N) is 1. The summed E-state index contributed by atoms with van der Waals surface area (Å²) in [6.07, 6.45) is 1.13. The van der Waals surface area contributed by atoms with Gasteiger partial charge in [-0.05, 0) is 6.42 Å². The van der Waals surface area contributed by atoms with Gasteiger partial charge in [0, 0.05) is 64.9 Å². The number of hydrogen-bond acceptors (Lipinski definition) is 4. The maximum Gasteiger partial charge on any atom is 0.317 e. The van der Waals surface area contributed by atoms with E-state index in [1.807, 2.05) is 4.90 Å². The summed E-state index contributed by atoms with van der Waals surface area (Å²) in [5.74, 6) is 0. The van der Waals surface area contributed by atoms with Crippen LogP contribution in [0.15, 0.2) is 0 Å². The second kappa shape index (κ2) is 7.07. The summed E-state index contributed by atoms with van der Waals surface area (Å²) in [4.78, 5) is 18.3. The van der Waals surface area contributed by atoms with Crippen molar-refractivity contribution in [3.05, 3.63) is 0 Å². The van der Waals surface area contributed by atoms with E-state index >= 15 is 0 Å². The molecule has 0 aromatic rings. The van der Waals surface area contributed by atoms with Gasteiger partial charge in [-0.2, -0.15) is 0 Å². The molecule has 0 bridgehead atoms. The molecule has 2 amide bonds. The number of carbonyl (C=O) groups excluding carboxylic acids is 1. The molecule has 0 aromatic carbocycles. The van der Waals surface area contributed by atoms with Crippen LogP contribution in [-0.2, 0) is 0 Å². The number of amides is 2. The molecule has 1 unspecified atom stereocenters. The Bertz CT molecular complexity index is 287. The normalized spacial score (nSPS) is 23.7. The SMILES string of the molecule is CCC(CN)N1CCN(CCN2CCNC2=O)CC1. The fourth-order valence-corrected chi connectivity index (χ4v) is 2.91. The number of hydrogen-bond donors (Lipinski definition) is 2. The van der Waals surface area contributed by atoms with E-state index in [9.17, 15) is 4.79 Å².